The Labute approximate surface area is 172 Å². The van der Waals surface area contributed by atoms with E-state index in [1.807, 2.05) is 0 Å². The van der Waals surface area contributed by atoms with Crippen molar-refractivity contribution in [2.75, 3.05) is 11.9 Å². The van der Waals surface area contributed by atoms with Crippen LogP contribution in [0.1, 0.15) is 13.8 Å². The van der Waals surface area contributed by atoms with Crippen LogP contribution in [0, 0.1) is 0 Å². The van der Waals surface area contributed by atoms with Gasteiger partial charge < -0.3 is 10.1 Å². The topological polar surface area (TPSA) is 84.5 Å². The molecule has 0 atom stereocenters. The lowest BCUT2D eigenvalue weighted by Gasteiger charge is -2.12. The van der Waals surface area contributed by atoms with Crippen LogP contribution in [0.2, 0.25) is 15.1 Å². The smallest absolute Gasteiger partial charge is 0.262 e. The zero-order chi connectivity index (χ0) is 20.2. The van der Waals surface area contributed by atoms with Gasteiger partial charge in [0.25, 0.3) is 5.91 Å². The van der Waals surface area contributed by atoms with E-state index in [2.05, 4.69) is 10.0 Å². The van der Waals surface area contributed by atoms with E-state index in [-0.39, 0.29) is 28.3 Å². The predicted molar refractivity (Wildman–Crippen MR) is 107 cm³/mol. The number of hydrogen-bond donors (Lipinski definition) is 2. The van der Waals surface area contributed by atoms with Gasteiger partial charge in [-0.3, -0.25) is 4.79 Å². The average molecular weight is 452 g/mol. The van der Waals surface area contributed by atoms with E-state index in [9.17, 15) is 13.2 Å². The molecule has 6 nitrogen and oxygen atoms in total. The number of carbonyl (C=O) groups excluding carboxylic acids is 1. The Hall–Kier alpha value is -1.51. The van der Waals surface area contributed by atoms with Crippen molar-refractivity contribution in [2.45, 2.75) is 24.8 Å². The Morgan fingerprint density at radius 1 is 1.07 bits per heavy atom. The molecule has 10 heteroatoms. The fourth-order valence-corrected chi connectivity index (χ4v) is 4.21. The number of halogens is 3. The molecule has 0 aliphatic carbocycles. The van der Waals surface area contributed by atoms with Gasteiger partial charge in [-0.1, -0.05) is 34.8 Å². The second kappa shape index (κ2) is 9.12. The van der Waals surface area contributed by atoms with E-state index >= 15 is 0 Å². The van der Waals surface area contributed by atoms with Crippen molar-refractivity contribution in [3.05, 3.63) is 51.5 Å². The van der Waals surface area contributed by atoms with Crippen molar-refractivity contribution in [2.24, 2.45) is 0 Å². The van der Waals surface area contributed by atoms with Crippen molar-refractivity contribution in [1.82, 2.24) is 4.72 Å². The SMILES string of the molecule is CC(C)NS(=O)(=O)c1ccc(OCC(=O)Nc2cc(Cl)cc(Cl)c2)c(Cl)c1. The summed E-state index contributed by atoms with van der Waals surface area (Å²) < 4.78 is 32.1. The summed E-state index contributed by atoms with van der Waals surface area (Å²) in [5.41, 5.74) is 0.424. The summed E-state index contributed by atoms with van der Waals surface area (Å²) in [5.74, 6) is -0.276. The summed E-state index contributed by atoms with van der Waals surface area (Å²) in [5, 5.41) is 3.42. The molecule has 0 saturated carbocycles. The standard InChI is InChI=1S/C17H17Cl3N2O4S/c1-10(2)22-27(24,25)14-3-4-16(15(20)8-14)26-9-17(23)21-13-6-11(18)5-12(19)7-13/h3-8,10,22H,9H2,1-2H3,(H,21,23). The van der Waals surface area contributed by atoms with Gasteiger partial charge in [0.05, 0.1) is 9.92 Å². The number of hydrogen-bond acceptors (Lipinski definition) is 4. The van der Waals surface area contributed by atoms with Crippen LogP contribution in [0.25, 0.3) is 0 Å². The molecule has 0 aromatic heterocycles. The number of rotatable bonds is 7. The fraction of sp³-hybridized carbons (Fsp3) is 0.235. The van der Waals surface area contributed by atoms with Gasteiger partial charge in [-0.2, -0.15) is 0 Å². The van der Waals surface area contributed by atoms with Crippen LogP contribution in [0.5, 0.6) is 5.75 Å². The molecule has 0 saturated heterocycles. The number of nitrogens with one attached hydrogen (secondary N) is 2. The summed E-state index contributed by atoms with van der Waals surface area (Å²) in [7, 11) is -3.67. The molecule has 0 radical (unpaired) electrons. The van der Waals surface area contributed by atoms with Gasteiger partial charge in [0.1, 0.15) is 5.75 Å². The van der Waals surface area contributed by atoms with Gasteiger partial charge in [0.15, 0.2) is 6.61 Å². The van der Waals surface area contributed by atoms with Gasteiger partial charge in [-0.25, -0.2) is 13.1 Å². The first-order chi connectivity index (χ1) is 12.6. The Morgan fingerprint density at radius 2 is 1.70 bits per heavy atom. The summed E-state index contributed by atoms with van der Waals surface area (Å²) in [6, 6.07) is 8.36. The molecule has 0 spiro atoms. The highest BCUT2D eigenvalue weighted by Crippen LogP contribution is 2.27. The Balaban J connectivity index is 2.02. The molecule has 2 aromatic carbocycles. The Kier molecular flexibility index (Phi) is 7.36. The molecule has 0 fully saturated rings. The average Bonchev–Trinajstić information content (AvgIpc) is 2.51. The number of ether oxygens (including phenoxy) is 1. The first-order valence-electron chi connectivity index (χ1n) is 7.77. The van der Waals surface area contributed by atoms with E-state index in [1.54, 1.807) is 32.0 Å². The number of benzene rings is 2. The summed E-state index contributed by atoms with van der Waals surface area (Å²) in [6.07, 6.45) is 0. The molecular formula is C17H17Cl3N2O4S. The minimum atomic E-state index is -3.67. The third kappa shape index (κ3) is 6.55. The molecule has 0 unspecified atom stereocenters. The lowest BCUT2D eigenvalue weighted by atomic mass is 10.3. The van der Waals surface area contributed by atoms with Gasteiger partial charge in [0, 0.05) is 21.8 Å². The Morgan fingerprint density at radius 3 is 2.26 bits per heavy atom. The van der Waals surface area contributed by atoms with Crippen LogP contribution in [0.4, 0.5) is 5.69 Å². The molecule has 2 aromatic rings. The van der Waals surface area contributed by atoms with Gasteiger partial charge in [-0.15, -0.1) is 0 Å². The molecule has 146 valence electrons. The van der Waals surface area contributed by atoms with Crippen LogP contribution < -0.4 is 14.8 Å². The quantitative estimate of drug-likeness (QED) is 0.655. The third-order valence-electron chi connectivity index (χ3n) is 3.11. The molecule has 1 amide bonds. The number of amides is 1. The second-order valence-electron chi connectivity index (χ2n) is 5.86. The van der Waals surface area contributed by atoms with Gasteiger partial charge >= 0.3 is 0 Å². The molecule has 27 heavy (non-hydrogen) atoms. The monoisotopic (exact) mass is 450 g/mol. The molecule has 2 rings (SSSR count). The van der Waals surface area contributed by atoms with Crippen molar-refractivity contribution >= 4 is 56.4 Å². The highest BCUT2D eigenvalue weighted by molar-refractivity contribution is 7.89. The number of carbonyl (C=O) groups is 1. The van der Waals surface area contributed by atoms with Crippen LogP contribution in [0.15, 0.2) is 41.3 Å². The minimum Gasteiger partial charge on any atom is -0.482 e. The van der Waals surface area contributed by atoms with Crippen molar-refractivity contribution in [3.8, 4) is 5.75 Å². The predicted octanol–water partition coefficient (Wildman–Crippen LogP) is 4.35. The lowest BCUT2D eigenvalue weighted by Crippen LogP contribution is -2.30. The summed E-state index contributed by atoms with van der Waals surface area (Å²) in [6.45, 7) is 3.09. The van der Waals surface area contributed by atoms with Crippen molar-refractivity contribution in [3.63, 3.8) is 0 Å². The largest absolute Gasteiger partial charge is 0.482 e. The zero-order valence-electron chi connectivity index (χ0n) is 14.4. The maximum absolute atomic E-state index is 12.1. The zero-order valence-corrected chi connectivity index (χ0v) is 17.5. The minimum absolute atomic E-state index is 0.00608. The molecule has 0 bridgehead atoms. The highest BCUT2D eigenvalue weighted by Gasteiger charge is 2.17. The Bertz CT molecular complexity index is 929. The lowest BCUT2D eigenvalue weighted by molar-refractivity contribution is -0.118. The van der Waals surface area contributed by atoms with E-state index < -0.39 is 15.9 Å². The van der Waals surface area contributed by atoms with Gasteiger partial charge in [-0.05, 0) is 50.2 Å². The van der Waals surface area contributed by atoms with Crippen LogP contribution in [-0.4, -0.2) is 27.0 Å². The van der Waals surface area contributed by atoms with E-state index in [1.165, 1.54) is 18.2 Å². The van der Waals surface area contributed by atoms with Gasteiger partial charge in [0.2, 0.25) is 10.0 Å². The molecule has 2 N–H and O–H groups in total. The molecule has 0 aliphatic heterocycles. The molecule has 0 aliphatic rings. The highest BCUT2D eigenvalue weighted by atomic mass is 35.5. The summed E-state index contributed by atoms with van der Waals surface area (Å²) >= 11 is 17.8. The second-order valence-corrected chi connectivity index (χ2v) is 8.86. The van der Waals surface area contributed by atoms with Crippen molar-refractivity contribution < 1.29 is 17.9 Å². The first kappa shape index (κ1) is 21.8. The normalized spacial score (nSPS) is 11.5. The van der Waals surface area contributed by atoms with E-state index in [0.29, 0.717) is 15.7 Å². The van der Waals surface area contributed by atoms with Crippen LogP contribution >= 0.6 is 34.8 Å². The van der Waals surface area contributed by atoms with Crippen molar-refractivity contribution in [1.29, 1.82) is 0 Å². The van der Waals surface area contributed by atoms with E-state index in [0.717, 1.165) is 0 Å². The first-order valence-corrected chi connectivity index (χ1v) is 10.4. The molecule has 0 heterocycles. The summed E-state index contributed by atoms with van der Waals surface area (Å²) in [4.78, 5) is 12.0. The number of sulfonamides is 1. The maximum Gasteiger partial charge on any atom is 0.262 e. The van der Waals surface area contributed by atoms with E-state index in [4.69, 9.17) is 39.5 Å². The maximum atomic E-state index is 12.1. The fourth-order valence-electron chi connectivity index (χ4n) is 2.11. The third-order valence-corrected chi connectivity index (χ3v) is 5.50. The van der Waals surface area contributed by atoms with Crippen LogP contribution in [-0.2, 0) is 14.8 Å². The number of anilines is 1. The molecular weight excluding hydrogens is 435 g/mol. The van der Waals surface area contributed by atoms with Crippen LogP contribution in [0.3, 0.4) is 0 Å².